The highest BCUT2D eigenvalue weighted by Gasteiger charge is 2.09. The summed E-state index contributed by atoms with van der Waals surface area (Å²) < 4.78 is 31.0. The Morgan fingerprint density at radius 2 is 1.70 bits per heavy atom. The lowest BCUT2D eigenvalue weighted by atomic mass is 10.1. The lowest BCUT2D eigenvalue weighted by molar-refractivity contribution is 0.483. The third-order valence-electron chi connectivity index (χ3n) is 3.25. The van der Waals surface area contributed by atoms with Crippen LogP contribution in [0.4, 0.5) is 10.8 Å². The van der Waals surface area contributed by atoms with Crippen molar-refractivity contribution in [1.29, 1.82) is 0 Å². The molecule has 2 N–H and O–H groups in total. The molecule has 0 saturated carbocycles. The van der Waals surface area contributed by atoms with Crippen molar-refractivity contribution < 1.29 is 13.0 Å². The predicted molar refractivity (Wildman–Crippen MR) is 91.8 cm³/mol. The van der Waals surface area contributed by atoms with Gasteiger partial charge >= 0.3 is 0 Å². The molecule has 7 heteroatoms. The number of anilines is 2. The fourth-order valence-corrected chi connectivity index (χ4v) is 3.24. The highest BCUT2D eigenvalue weighted by Crippen LogP contribution is 2.27. The van der Waals surface area contributed by atoms with Crippen molar-refractivity contribution >= 4 is 32.3 Å². The summed E-state index contributed by atoms with van der Waals surface area (Å²) in [7, 11) is -4.17. The Morgan fingerprint density at radius 1 is 1.04 bits per heavy atom. The zero-order chi connectivity index (χ0) is 16.4. The topological polar surface area (TPSA) is 79.3 Å². The molecule has 0 aliphatic carbocycles. The molecule has 0 fully saturated rings. The van der Waals surface area contributed by atoms with Crippen LogP contribution in [0.15, 0.2) is 58.8 Å². The van der Waals surface area contributed by atoms with Crippen molar-refractivity contribution in [2.75, 3.05) is 5.32 Å². The van der Waals surface area contributed by atoms with Gasteiger partial charge in [-0.2, -0.15) is 8.42 Å². The van der Waals surface area contributed by atoms with E-state index >= 15 is 0 Å². The van der Waals surface area contributed by atoms with Crippen molar-refractivity contribution in [3.63, 3.8) is 0 Å². The van der Waals surface area contributed by atoms with Crippen LogP contribution >= 0.6 is 11.3 Å². The normalized spacial score (nSPS) is 11.4. The minimum absolute atomic E-state index is 0.137. The molecule has 0 aliphatic rings. The second-order valence-corrected chi connectivity index (χ2v) is 7.31. The second kappa shape index (κ2) is 6.11. The van der Waals surface area contributed by atoms with E-state index in [-0.39, 0.29) is 4.90 Å². The maximum Gasteiger partial charge on any atom is 0.294 e. The van der Waals surface area contributed by atoms with E-state index < -0.39 is 10.1 Å². The molecule has 0 spiro atoms. The molecule has 2 aromatic carbocycles. The average Bonchev–Trinajstić information content (AvgIpc) is 2.96. The van der Waals surface area contributed by atoms with Crippen LogP contribution < -0.4 is 5.32 Å². The second-order valence-electron chi connectivity index (χ2n) is 5.03. The van der Waals surface area contributed by atoms with Gasteiger partial charge in [-0.15, -0.1) is 11.3 Å². The summed E-state index contributed by atoms with van der Waals surface area (Å²) in [5.41, 5.74) is 3.82. The zero-order valence-corrected chi connectivity index (χ0v) is 13.9. The minimum atomic E-state index is -4.17. The number of rotatable bonds is 4. The quantitative estimate of drug-likeness (QED) is 0.695. The van der Waals surface area contributed by atoms with E-state index in [1.807, 2.05) is 36.6 Å². The van der Waals surface area contributed by atoms with Gasteiger partial charge in [0.15, 0.2) is 5.13 Å². The number of hydrogen-bond donors (Lipinski definition) is 2. The Bertz CT molecular complexity index is 915. The number of nitrogens with one attached hydrogen (secondary N) is 1. The zero-order valence-electron chi connectivity index (χ0n) is 12.2. The fraction of sp³-hybridized carbons (Fsp3) is 0.0625. The third kappa shape index (κ3) is 3.76. The van der Waals surface area contributed by atoms with Crippen molar-refractivity contribution in [2.24, 2.45) is 0 Å². The molecule has 0 aliphatic heterocycles. The summed E-state index contributed by atoms with van der Waals surface area (Å²) in [5, 5.41) is 5.78. The van der Waals surface area contributed by atoms with Crippen molar-refractivity contribution in [3.8, 4) is 11.3 Å². The van der Waals surface area contributed by atoms with Crippen molar-refractivity contribution in [3.05, 3.63) is 59.5 Å². The first-order valence-electron chi connectivity index (χ1n) is 6.79. The van der Waals surface area contributed by atoms with Crippen LogP contribution in [0.1, 0.15) is 5.56 Å². The maximum atomic E-state index is 11.0. The van der Waals surface area contributed by atoms with E-state index in [9.17, 15) is 8.42 Å². The molecular formula is C16H14N2O3S2. The lowest BCUT2D eigenvalue weighted by Gasteiger charge is -2.03. The monoisotopic (exact) mass is 346 g/mol. The number of aryl methyl sites for hydroxylation is 1. The predicted octanol–water partition coefficient (Wildman–Crippen LogP) is 4.11. The molecule has 0 atom stereocenters. The van der Waals surface area contributed by atoms with Crippen molar-refractivity contribution in [2.45, 2.75) is 11.8 Å². The first kappa shape index (κ1) is 15.7. The number of nitrogens with zero attached hydrogens (tertiary/aromatic N) is 1. The largest absolute Gasteiger partial charge is 0.332 e. The van der Waals surface area contributed by atoms with E-state index in [4.69, 9.17) is 4.55 Å². The van der Waals surface area contributed by atoms with E-state index in [1.54, 1.807) is 12.1 Å². The molecule has 1 aromatic heterocycles. The smallest absolute Gasteiger partial charge is 0.294 e. The number of thiazole rings is 1. The molecule has 0 saturated heterocycles. The molecule has 0 bridgehead atoms. The summed E-state index contributed by atoms with van der Waals surface area (Å²) in [4.78, 5) is 4.38. The molecule has 23 heavy (non-hydrogen) atoms. The maximum absolute atomic E-state index is 11.0. The average molecular weight is 346 g/mol. The van der Waals surface area contributed by atoms with Crippen LogP contribution in [0.5, 0.6) is 0 Å². The van der Waals surface area contributed by atoms with Gasteiger partial charge in [-0.25, -0.2) is 4.98 Å². The molecule has 0 radical (unpaired) electrons. The number of aromatic nitrogens is 1. The SMILES string of the molecule is Cc1ccc(-c2csc(Nc3ccc(S(=O)(=O)O)cc3)n2)cc1. The first-order valence-corrected chi connectivity index (χ1v) is 9.11. The molecule has 5 nitrogen and oxygen atoms in total. The van der Waals surface area contributed by atoms with E-state index in [0.29, 0.717) is 10.8 Å². The molecule has 3 rings (SSSR count). The van der Waals surface area contributed by atoms with Crippen LogP contribution in [0.2, 0.25) is 0 Å². The Balaban J connectivity index is 1.78. The van der Waals surface area contributed by atoms with Gasteiger partial charge in [0.1, 0.15) is 0 Å². The van der Waals surface area contributed by atoms with Gasteiger partial charge in [-0.05, 0) is 31.2 Å². The number of benzene rings is 2. The highest BCUT2D eigenvalue weighted by molar-refractivity contribution is 7.85. The Kier molecular flexibility index (Phi) is 4.16. The standard InChI is InChI=1S/C16H14N2O3S2/c1-11-2-4-12(5-3-11)15-10-22-16(18-15)17-13-6-8-14(9-7-13)23(19,20)21/h2-10H,1H3,(H,17,18)(H,19,20,21). The van der Waals surface area contributed by atoms with Crippen LogP contribution in [0, 0.1) is 6.92 Å². The Labute approximate surface area is 138 Å². The van der Waals surface area contributed by atoms with Gasteiger partial charge in [0.05, 0.1) is 10.6 Å². The Morgan fingerprint density at radius 3 is 2.30 bits per heavy atom. The minimum Gasteiger partial charge on any atom is -0.332 e. The summed E-state index contributed by atoms with van der Waals surface area (Å²) in [6.07, 6.45) is 0. The Hall–Kier alpha value is -2.22. The van der Waals surface area contributed by atoms with Crippen LogP contribution in [0.25, 0.3) is 11.3 Å². The molecular weight excluding hydrogens is 332 g/mol. The van der Waals surface area contributed by atoms with Crippen LogP contribution in [-0.4, -0.2) is 18.0 Å². The van der Waals surface area contributed by atoms with Gasteiger partial charge in [-0.1, -0.05) is 29.8 Å². The summed E-state index contributed by atoms with van der Waals surface area (Å²) >= 11 is 1.46. The highest BCUT2D eigenvalue weighted by atomic mass is 32.2. The van der Waals surface area contributed by atoms with Gasteiger partial charge in [0.25, 0.3) is 10.1 Å². The van der Waals surface area contributed by atoms with E-state index in [1.165, 1.54) is 29.0 Å². The van der Waals surface area contributed by atoms with Gasteiger partial charge in [0.2, 0.25) is 0 Å². The van der Waals surface area contributed by atoms with Crippen LogP contribution in [-0.2, 0) is 10.1 Å². The van der Waals surface area contributed by atoms with Gasteiger partial charge in [-0.3, -0.25) is 4.55 Å². The van der Waals surface area contributed by atoms with E-state index in [2.05, 4.69) is 10.3 Å². The van der Waals surface area contributed by atoms with Gasteiger partial charge < -0.3 is 5.32 Å². The molecule has 3 aromatic rings. The molecule has 0 unspecified atom stereocenters. The first-order chi connectivity index (χ1) is 10.9. The number of hydrogen-bond acceptors (Lipinski definition) is 5. The summed E-state index contributed by atoms with van der Waals surface area (Å²) in [6.45, 7) is 2.04. The fourth-order valence-electron chi connectivity index (χ4n) is 2.02. The summed E-state index contributed by atoms with van der Waals surface area (Å²) in [6, 6.07) is 14.0. The van der Waals surface area contributed by atoms with E-state index in [0.717, 1.165) is 11.3 Å². The van der Waals surface area contributed by atoms with Crippen LogP contribution in [0.3, 0.4) is 0 Å². The third-order valence-corrected chi connectivity index (χ3v) is 4.88. The van der Waals surface area contributed by atoms with Gasteiger partial charge in [0, 0.05) is 16.6 Å². The van der Waals surface area contributed by atoms with Crippen molar-refractivity contribution in [1.82, 2.24) is 4.98 Å². The molecule has 1 heterocycles. The molecule has 0 amide bonds. The lowest BCUT2D eigenvalue weighted by Crippen LogP contribution is -1.98. The molecule has 118 valence electrons. The summed E-state index contributed by atoms with van der Waals surface area (Å²) in [5.74, 6) is 0.